The first-order valence-electron chi connectivity index (χ1n) is 7.48. The molecular weight excluding hydrogens is 359 g/mol. The Morgan fingerprint density at radius 1 is 1.24 bits per heavy atom. The molecule has 1 atom stereocenters. The van der Waals surface area contributed by atoms with Crippen LogP contribution < -0.4 is 5.73 Å². The van der Waals surface area contributed by atoms with E-state index < -0.39 is 11.4 Å². The average Bonchev–Trinajstić information content (AvgIpc) is 2.64. The lowest BCUT2D eigenvalue weighted by atomic mass is 9.66. The van der Waals surface area contributed by atoms with Crippen LogP contribution in [0, 0.1) is 11.3 Å². The number of nitrogens with two attached hydrogens (primary N) is 1. The number of methoxy groups -OCH3 is 1. The monoisotopic (exact) mass is 372 g/mol. The summed E-state index contributed by atoms with van der Waals surface area (Å²) in [6.45, 7) is 0. The fourth-order valence-corrected chi connectivity index (χ4v) is 3.50. The Labute approximate surface area is 155 Å². The number of rotatable bonds is 2. The van der Waals surface area contributed by atoms with Crippen molar-refractivity contribution in [2.24, 2.45) is 5.73 Å². The van der Waals surface area contributed by atoms with Crippen LogP contribution in [0.25, 0.3) is 5.70 Å². The van der Waals surface area contributed by atoms with E-state index in [2.05, 4.69) is 6.07 Å². The Balaban J connectivity index is 2.32. The predicted octanol–water partition coefficient (Wildman–Crippen LogP) is 4.05. The maximum atomic E-state index is 12.2. The van der Waals surface area contributed by atoms with E-state index in [9.17, 15) is 10.1 Å². The average molecular weight is 373 g/mol. The van der Waals surface area contributed by atoms with E-state index in [0.29, 0.717) is 26.9 Å². The first-order valence-corrected chi connectivity index (χ1v) is 8.24. The number of carbonyl (C=O) groups excluding carboxylic acids is 1. The van der Waals surface area contributed by atoms with Crippen LogP contribution in [0.5, 0.6) is 0 Å². The van der Waals surface area contributed by atoms with Gasteiger partial charge in [0.25, 0.3) is 0 Å². The number of esters is 1. The number of carbonyl (C=O) groups is 1. The molecule has 25 heavy (non-hydrogen) atoms. The van der Waals surface area contributed by atoms with Crippen LogP contribution in [-0.4, -0.2) is 13.1 Å². The fraction of sp³-hybridized carbons (Fsp3) is 0.158. The van der Waals surface area contributed by atoms with E-state index in [1.807, 2.05) is 18.2 Å². The number of nitrogens with zero attached hydrogens (tertiary/aromatic N) is 1. The van der Waals surface area contributed by atoms with Crippen LogP contribution in [0.3, 0.4) is 0 Å². The molecular formula is C19H14Cl2N2O2. The molecule has 0 saturated carbocycles. The normalized spacial score (nSPS) is 19.1. The molecule has 0 aromatic heterocycles. The minimum atomic E-state index is -1.11. The minimum absolute atomic E-state index is 0.0942. The summed E-state index contributed by atoms with van der Waals surface area (Å²) in [7, 11) is 1.29. The highest BCUT2D eigenvalue weighted by Gasteiger charge is 2.43. The highest BCUT2D eigenvalue weighted by Crippen LogP contribution is 2.46. The van der Waals surface area contributed by atoms with Crippen molar-refractivity contribution >= 4 is 34.9 Å². The van der Waals surface area contributed by atoms with Crippen LogP contribution in [0.15, 0.2) is 48.0 Å². The molecule has 2 N–H and O–H groups in total. The molecule has 2 aromatic carbocycles. The SMILES string of the molecule is COC(=O)C1=C(N)c2ccccc2C(C#N)(c2ccc(Cl)c(Cl)c2)C1. The molecule has 0 aliphatic heterocycles. The van der Waals surface area contributed by atoms with E-state index in [4.69, 9.17) is 33.7 Å². The number of nitriles is 1. The molecule has 0 amide bonds. The molecule has 0 heterocycles. The summed E-state index contributed by atoms with van der Waals surface area (Å²) < 4.78 is 4.86. The molecule has 0 radical (unpaired) electrons. The van der Waals surface area contributed by atoms with Crippen molar-refractivity contribution in [1.82, 2.24) is 0 Å². The van der Waals surface area contributed by atoms with Gasteiger partial charge < -0.3 is 10.5 Å². The van der Waals surface area contributed by atoms with Crippen LogP contribution in [0.2, 0.25) is 10.0 Å². The van der Waals surface area contributed by atoms with Crippen molar-refractivity contribution in [1.29, 1.82) is 5.26 Å². The molecule has 0 bridgehead atoms. The molecule has 126 valence electrons. The minimum Gasteiger partial charge on any atom is -0.466 e. The maximum absolute atomic E-state index is 12.2. The maximum Gasteiger partial charge on any atom is 0.335 e. The Kier molecular flexibility index (Phi) is 4.47. The van der Waals surface area contributed by atoms with Gasteiger partial charge >= 0.3 is 5.97 Å². The van der Waals surface area contributed by atoms with Gasteiger partial charge in [-0.2, -0.15) is 5.26 Å². The van der Waals surface area contributed by atoms with E-state index in [1.165, 1.54) is 7.11 Å². The molecule has 0 spiro atoms. The Hall–Kier alpha value is -2.48. The second kappa shape index (κ2) is 6.44. The molecule has 1 unspecified atom stereocenters. The molecule has 6 heteroatoms. The number of halogens is 2. The second-order valence-corrected chi connectivity index (χ2v) is 6.57. The zero-order chi connectivity index (χ0) is 18.2. The highest BCUT2D eigenvalue weighted by molar-refractivity contribution is 6.42. The lowest BCUT2D eigenvalue weighted by Crippen LogP contribution is -2.34. The number of benzene rings is 2. The summed E-state index contributed by atoms with van der Waals surface area (Å²) in [6, 6.07) is 14.7. The fourth-order valence-electron chi connectivity index (χ4n) is 3.20. The van der Waals surface area contributed by atoms with Crippen molar-refractivity contribution in [2.75, 3.05) is 7.11 Å². The molecule has 3 rings (SSSR count). The van der Waals surface area contributed by atoms with Crippen LogP contribution in [-0.2, 0) is 14.9 Å². The highest BCUT2D eigenvalue weighted by atomic mass is 35.5. The van der Waals surface area contributed by atoms with E-state index in [-0.39, 0.29) is 12.0 Å². The first kappa shape index (κ1) is 17.3. The van der Waals surface area contributed by atoms with Gasteiger partial charge in [-0.25, -0.2) is 4.79 Å². The third kappa shape index (κ3) is 2.66. The van der Waals surface area contributed by atoms with Gasteiger partial charge in [0.05, 0.1) is 28.8 Å². The van der Waals surface area contributed by atoms with Gasteiger partial charge in [-0.3, -0.25) is 0 Å². The number of fused-ring (bicyclic) bond motifs is 1. The first-order chi connectivity index (χ1) is 11.9. The lowest BCUT2D eigenvalue weighted by molar-refractivity contribution is -0.136. The smallest absolute Gasteiger partial charge is 0.335 e. The number of hydrogen-bond donors (Lipinski definition) is 1. The standard InChI is InChI=1S/C19H14Cl2N2O2/c1-25-18(24)13-9-19(10-22,11-6-7-15(20)16(21)8-11)14-5-3-2-4-12(14)17(13)23/h2-8H,9,23H2,1H3. The summed E-state index contributed by atoms with van der Waals surface area (Å²) in [4.78, 5) is 12.2. The van der Waals surface area contributed by atoms with Gasteiger partial charge in [0, 0.05) is 17.7 Å². The van der Waals surface area contributed by atoms with Crippen molar-refractivity contribution in [3.63, 3.8) is 0 Å². The quantitative estimate of drug-likeness (QED) is 0.806. The molecule has 2 aromatic rings. The van der Waals surface area contributed by atoms with Gasteiger partial charge in [-0.05, 0) is 23.3 Å². The second-order valence-electron chi connectivity index (χ2n) is 5.75. The summed E-state index contributed by atoms with van der Waals surface area (Å²) >= 11 is 12.2. The van der Waals surface area contributed by atoms with Crippen molar-refractivity contribution in [2.45, 2.75) is 11.8 Å². The van der Waals surface area contributed by atoms with Crippen LogP contribution in [0.1, 0.15) is 23.1 Å². The Bertz CT molecular complexity index is 947. The van der Waals surface area contributed by atoms with Gasteiger partial charge in [-0.1, -0.05) is 53.5 Å². The molecule has 1 aliphatic carbocycles. The number of hydrogen-bond acceptors (Lipinski definition) is 4. The van der Waals surface area contributed by atoms with Crippen LogP contribution in [0.4, 0.5) is 0 Å². The van der Waals surface area contributed by atoms with Crippen molar-refractivity contribution in [3.05, 3.63) is 74.8 Å². The van der Waals surface area contributed by atoms with Crippen molar-refractivity contribution in [3.8, 4) is 6.07 Å². The molecule has 1 aliphatic rings. The van der Waals surface area contributed by atoms with Gasteiger partial charge in [0.2, 0.25) is 0 Å². The molecule has 4 nitrogen and oxygen atoms in total. The van der Waals surface area contributed by atoms with Gasteiger partial charge in [0.15, 0.2) is 0 Å². The number of ether oxygens (including phenoxy) is 1. The molecule has 0 saturated heterocycles. The van der Waals surface area contributed by atoms with E-state index >= 15 is 0 Å². The van der Waals surface area contributed by atoms with E-state index in [0.717, 1.165) is 5.56 Å². The summed E-state index contributed by atoms with van der Waals surface area (Å²) in [5.74, 6) is -0.549. The zero-order valence-electron chi connectivity index (χ0n) is 13.3. The summed E-state index contributed by atoms with van der Waals surface area (Å²) in [5.41, 5.74) is 7.69. The predicted molar refractivity (Wildman–Crippen MR) is 97.0 cm³/mol. The van der Waals surface area contributed by atoms with Gasteiger partial charge in [0.1, 0.15) is 5.41 Å². The Morgan fingerprint density at radius 3 is 2.60 bits per heavy atom. The summed E-state index contributed by atoms with van der Waals surface area (Å²) in [6.07, 6.45) is 0.0942. The topological polar surface area (TPSA) is 76.1 Å². The Morgan fingerprint density at radius 2 is 1.96 bits per heavy atom. The third-order valence-corrected chi connectivity index (χ3v) is 5.22. The molecule has 0 fully saturated rings. The largest absolute Gasteiger partial charge is 0.466 e. The summed E-state index contributed by atoms with van der Waals surface area (Å²) in [5, 5.41) is 10.9. The van der Waals surface area contributed by atoms with E-state index in [1.54, 1.807) is 24.3 Å². The lowest BCUT2D eigenvalue weighted by Gasteiger charge is -2.35. The van der Waals surface area contributed by atoms with Gasteiger partial charge in [-0.15, -0.1) is 0 Å². The van der Waals surface area contributed by atoms with Crippen molar-refractivity contribution < 1.29 is 9.53 Å². The third-order valence-electron chi connectivity index (χ3n) is 4.48. The zero-order valence-corrected chi connectivity index (χ0v) is 14.9. The van der Waals surface area contributed by atoms with Crippen LogP contribution >= 0.6 is 23.2 Å².